The van der Waals surface area contributed by atoms with Crippen molar-refractivity contribution in [3.8, 4) is 0 Å². The van der Waals surface area contributed by atoms with E-state index in [1.165, 1.54) is 57.4 Å². The first-order valence-corrected chi connectivity index (χ1v) is 8.60. The van der Waals surface area contributed by atoms with Gasteiger partial charge in [0.05, 0.1) is 0 Å². The summed E-state index contributed by atoms with van der Waals surface area (Å²) in [5.74, 6) is 0. The van der Waals surface area contributed by atoms with E-state index >= 15 is 0 Å². The third-order valence-electron chi connectivity index (χ3n) is 4.23. The van der Waals surface area contributed by atoms with Gasteiger partial charge in [0.2, 0.25) is 0 Å². The van der Waals surface area contributed by atoms with Crippen molar-refractivity contribution < 1.29 is 0 Å². The zero-order chi connectivity index (χ0) is 13.6. The van der Waals surface area contributed by atoms with Gasteiger partial charge in [-0.15, -0.1) is 11.3 Å². The summed E-state index contributed by atoms with van der Waals surface area (Å²) in [5, 5.41) is 6.72. The summed E-state index contributed by atoms with van der Waals surface area (Å²) in [5.41, 5.74) is 0. The molecule has 0 spiro atoms. The summed E-state index contributed by atoms with van der Waals surface area (Å²) in [7, 11) is 0. The minimum absolute atomic E-state index is 1.12. The Bertz CT molecular complexity index is 367. The molecule has 0 bridgehead atoms. The molecule has 0 saturated carbocycles. The maximum absolute atomic E-state index is 4.41. The van der Waals surface area contributed by atoms with Gasteiger partial charge >= 0.3 is 0 Å². The third-order valence-corrected chi connectivity index (χ3v) is 5.06. The highest BCUT2D eigenvalue weighted by atomic mass is 32.1. The summed E-state index contributed by atoms with van der Waals surface area (Å²) >= 11 is 1.75. The van der Waals surface area contributed by atoms with Gasteiger partial charge in [-0.05, 0) is 19.5 Å². The summed E-state index contributed by atoms with van der Waals surface area (Å²) in [6.07, 6.45) is 3.19. The molecule has 1 aromatic heterocycles. The number of thiazole rings is 1. The molecule has 1 N–H and O–H groups in total. The summed E-state index contributed by atoms with van der Waals surface area (Å²) in [6.45, 7) is 11.8. The smallest absolute Gasteiger partial charge is 0.185 e. The largest absolute Gasteiger partial charge is 0.346 e. The summed E-state index contributed by atoms with van der Waals surface area (Å²) in [6, 6.07) is 0. The average molecular weight is 295 g/mol. The molecular formula is C14H25N5S. The van der Waals surface area contributed by atoms with E-state index in [1.807, 2.05) is 6.20 Å². The van der Waals surface area contributed by atoms with Gasteiger partial charge < -0.3 is 15.1 Å². The van der Waals surface area contributed by atoms with Crippen LogP contribution in [0.25, 0.3) is 0 Å². The molecule has 0 amide bonds. The van der Waals surface area contributed by atoms with E-state index in [4.69, 9.17) is 0 Å². The van der Waals surface area contributed by atoms with Crippen LogP contribution in [0.2, 0.25) is 0 Å². The zero-order valence-electron chi connectivity index (χ0n) is 12.1. The molecule has 1 aromatic rings. The molecule has 0 atom stereocenters. The van der Waals surface area contributed by atoms with Crippen molar-refractivity contribution in [2.24, 2.45) is 0 Å². The molecule has 0 unspecified atom stereocenters. The van der Waals surface area contributed by atoms with Crippen molar-refractivity contribution in [3.63, 3.8) is 0 Å². The molecule has 20 heavy (non-hydrogen) atoms. The fourth-order valence-electron chi connectivity index (χ4n) is 2.94. The van der Waals surface area contributed by atoms with Crippen LogP contribution >= 0.6 is 11.3 Å². The average Bonchev–Trinajstić information content (AvgIpc) is 2.90. The molecule has 3 heterocycles. The van der Waals surface area contributed by atoms with Crippen LogP contribution in [0, 0.1) is 0 Å². The first-order chi connectivity index (χ1) is 9.92. The number of aromatic nitrogens is 1. The van der Waals surface area contributed by atoms with Gasteiger partial charge in [-0.25, -0.2) is 4.98 Å². The fraction of sp³-hybridized carbons (Fsp3) is 0.786. The van der Waals surface area contributed by atoms with Gasteiger partial charge in [-0.2, -0.15) is 0 Å². The second kappa shape index (κ2) is 7.36. The van der Waals surface area contributed by atoms with Crippen molar-refractivity contribution in [2.75, 3.05) is 70.3 Å². The van der Waals surface area contributed by atoms with Crippen molar-refractivity contribution in [1.82, 2.24) is 20.1 Å². The Labute approximate surface area is 125 Å². The summed E-state index contributed by atoms with van der Waals surface area (Å²) < 4.78 is 0. The second-order valence-electron chi connectivity index (χ2n) is 5.59. The quantitative estimate of drug-likeness (QED) is 0.878. The van der Waals surface area contributed by atoms with Gasteiger partial charge in [-0.3, -0.25) is 4.90 Å². The van der Waals surface area contributed by atoms with Crippen LogP contribution in [-0.4, -0.2) is 80.2 Å². The maximum atomic E-state index is 4.41. The van der Waals surface area contributed by atoms with Crippen molar-refractivity contribution in [1.29, 1.82) is 0 Å². The maximum Gasteiger partial charge on any atom is 0.185 e. The zero-order valence-corrected chi connectivity index (χ0v) is 12.9. The third kappa shape index (κ3) is 3.91. The lowest BCUT2D eigenvalue weighted by Gasteiger charge is -2.35. The van der Waals surface area contributed by atoms with Gasteiger partial charge in [-0.1, -0.05) is 0 Å². The number of hydrogen-bond donors (Lipinski definition) is 1. The lowest BCUT2D eigenvalue weighted by molar-refractivity contribution is 0.202. The topological polar surface area (TPSA) is 34.6 Å². The minimum Gasteiger partial charge on any atom is -0.346 e. The van der Waals surface area contributed by atoms with Crippen LogP contribution in [0.5, 0.6) is 0 Å². The predicted molar refractivity (Wildman–Crippen MR) is 84.7 cm³/mol. The highest BCUT2D eigenvalue weighted by Gasteiger charge is 2.19. The van der Waals surface area contributed by atoms with Gasteiger partial charge in [0, 0.05) is 63.9 Å². The highest BCUT2D eigenvalue weighted by Crippen LogP contribution is 2.18. The van der Waals surface area contributed by atoms with Gasteiger partial charge in [0.15, 0.2) is 5.13 Å². The monoisotopic (exact) mass is 295 g/mol. The first kappa shape index (κ1) is 14.3. The standard InChI is InChI=1S/C14H25N5S/c1-2-15-3-6-17(5-1)7-8-18-9-11-19(12-10-18)14-16-4-13-20-14/h4,13,15H,1-3,5-12H2. The van der Waals surface area contributed by atoms with E-state index in [0.29, 0.717) is 0 Å². The van der Waals surface area contributed by atoms with Crippen LogP contribution in [0.1, 0.15) is 6.42 Å². The number of piperazine rings is 1. The van der Waals surface area contributed by atoms with E-state index in [2.05, 4.69) is 30.4 Å². The fourth-order valence-corrected chi connectivity index (χ4v) is 3.64. The number of hydrogen-bond acceptors (Lipinski definition) is 6. The molecule has 6 heteroatoms. The molecule has 0 radical (unpaired) electrons. The first-order valence-electron chi connectivity index (χ1n) is 7.72. The molecule has 112 valence electrons. The SMILES string of the molecule is c1csc(N2CCN(CCN3CCCNCC3)CC2)n1. The normalized spacial score (nSPS) is 22.9. The van der Waals surface area contributed by atoms with Crippen LogP contribution in [0.4, 0.5) is 5.13 Å². The van der Waals surface area contributed by atoms with Crippen LogP contribution in [0.15, 0.2) is 11.6 Å². The van der Waals surface area contributed by atoms with Crippen molar-refractivity contribution in [2.45, 2.75) is 6.42 Å². The molecular weight excluding hydrogens is 270 g/mol. The van der Waals surface area contributed by atoms with Crippen LogP contribution in [-0.2, 0) is 0 Å². The molecule has 2 saturated heterocycles. The lowest BCUT2D eigenvalue weighted by atomic mass is 10.3. The molecule has 3 rings (SSSR count). The molecule has 2 aliphatic heterocycles. The van der Waals surface area contributed by atoms with E-state index in [0.717, 1.165) is 19.6 Å². The number of nitrogens with one attached hydrogen (secondary N) is 1. The Morgan fingerprint density at radius 3 is 2.55 bits per heavy atom. The molecule has 2 aliphatic rings. The molecule has 2 fully saturated rings. The Kier molecular flexibility index (Phi) is 5.24. The Hall–Kier alpha value is -0.690. The number of nitrogens with zero attached hydrogens (tertiary/aromatic N) is 4. The number of rotatable bonds is 4. The van der Waals surface area contributed by atoms with Crippen molar-refractivity contribution in [3.05, 3.63) is 11.6 Å². The van der Waals surface area contributed by atoms with E-state index < -0.39 is 0 Å². The molecule has 0 aromatic carbocycles. The van der Waals surface area contributed by atoms with Gasteiger partial charge in [0.1, 0.15) is 0 Å². The number of anilines is 1. The molecule has 0 aliphatic carbocycles. The van der Waals surface area contributed by atoms with Crippen LogP contribution < -0.4 is 10.2 Å². The molecule has 5 nitrogen and oxygen atoms in total. The second-order valence-corrected chi connectivity index (χ2v) is 6.46. The highest BCUT2D eigenvalue weighted by molar-refractivity contribution is 7.13. The summed E-state index contributed by atoms with van der Waals surface area (Å²) in [4.78, 5) is 12.0. The lowest BCUT2D eigenvalue weighted by Crippen LogP contribution is -2.48. The van der Waals surface area contributed by atoms with Gasteiger partial charge in [0.25, 0.3) is 0 Å². The van der Waals surface area contributed by atoms with Crippen LogP contribution in [0.3, 0.4) is 0 Å². The Morgan fingerprint density at radius 2 is 1.80 bits per heavy atom. The van der Waals surface area contributed by atoms with E-state index in [1.54, 1.807) is 11.3 Å². The van der Waals surface area contributed by atoms with Crippen molar-refractivity contribution >= 4 is 16.5 Å². The Balaban J connectivity index is 1.38. The minimum atomic E-state index is 1.12. The van der Waals surface area contributed by atoms with E-state index in [-0.39, 0.29) is 0 Å². The van der Waals surface area contributed by atoms with E-state index in [9.17, 15) is 0 Å². The Morgan fingerprint density at radius 1 is 1.00 bits per heavy atom. The predicted octanol–water partition coefficient (Wildman–Crippen LogP) is 0.560.